The number of ether oxygens (including phenoxy) is 2. The number of aliphatic hydroxyl groups excluding tert-OH is 1. The summed E-state index contributed by atoms with van der Waals surface area (Å²) in [6.07, 6.45) is 0.984. The zero-order valence-electron chi connectivity index (χ0n) is 13.4. The normalized spacial score (nSPS) is 12.5. The Bertz CT molecular complexity index is 434. The molecule has 0 aliphatic rings. The van der Waals surface area contributed by atoms with Crippen molar-refractivity contribution in [1.29, 1.82) is 0 Å². The molecule has 4 nitrogen and oxygen atoms in total. The lowest BCUT2D eigenvalue weighted by molar-refractivity contribution is -0.706. The van der Waals surface area contributed by atoms with E-state index in [1.807, 2.05) is 32.9 Å². The number of aliphatic hydroxyl groups is 1. The maximum Gasteiger partial charge on any atom is 0.163 e. The van der Waals surface area contributed by atoms with Gasteiger partial charge in [-0.2, -0.15) is 0 Å². The highest BCUT2D eigenvalue weighted by atomic mass is 35.5. The van der Waals surface area contributed by atoms with Gasteiger partial charge in [0.1, 0.15) is 12.6 Å². The van der Waals surface area contributed by atoms with E-state index in [1.165, 1.54) is 0 Å². The van der Waals surface area contributed by atoms with E-state index in [4.69, 9.17) is 21.1 Å². The van der Waals surface area contributed by atoms with Crippen molar-refractivity contribution in [3.05, 3.63) is 22.7 Å². The lowest BCUT2D eigenvalue weighted by Gasteiger charge is -2.17. The fourth-order valence-electron chi connectivity index (χ4n) is 2.01. The van der Waals surface area contributed by atoms with Crippen molar-refractivity contribution in [1.82, 2.24) is 0 Å². The second kappa shape index (κ2) is 9.13. The molecule has 0 fully saturated rings. The minimum absolute atomic E-state index is 0.0662. The van der Waals surface area contributed by atoms with Gasteiger partial charge < -0.3 is 19.9 Å². The van der Waals surface area contributed by atoms with Crippen LogP contribution >= 0.6 is 11.6 Å². The lowest BCUT2D eigenvalue weighted by Crippen LogP contribution is -2.89. The molecule has 21 heavy (non-hydrogen) atoms. The molecule has 0 aromatic heterocycles. The summed E-state index contributed by atoms with van der Waals surface area (Å²) in [6.45, 7) is 9.40. The largest absolute Gasteiger partial charge is 0.490 e. The van der Waals surface area contributed by atoms with E-state index in [1.54, 1.807) is 0 Å². The van der Waals surface area contributed by atoms with Gasteiger partial charge in [-0.15, -0.1) is 0 Å². The lowest BCUT2D eigenvalue weighted by atomic mass is 10.1. The average Bonchev–Trinajstić information content (AvgIpc) is 2.43. The Balaban J connectivity index is 2.92. The molecule has 1 rings (SSSR count). The van der Waals surface area contributed by atoms with E-state index in [0.717, 1.165) is 17.7 Å². The number of rotatable bonds is 9. The van der Waals surface area contributed by atoms with Crippen LogP contribution in [0.4, 0.5) is 0 Å². The first-order valence-corrected chi connectivity index (χ1v) is 7.95. The van der Waals surface area contributed by atoms with Crippen molar-refractivity contribution in [2.24, 2.45) is 0 Å². The van der Waals surface area contributed by atoms with Crippen molar-refractivity contribution in [2.45, 2.75) is 52.8 Å². The summed E-state index contributed by atoms with van der Waals surface area (Å²) >= 11 is 6.34. The number of quaternary nitrogens is 1. The van der Waals surface area contributed by atoms with E-state index >= 15 is 0 Å². The highest BCUT2D eigenvalue weighted by molar-refractivity contribution is 6.31. The molecule has 0 saturated heterocycles. The van der Waals surface area contributed by atoms with Crippen LogP contribution in [0.2, 0.25) is 5.02 Å². The van der Waals surface area contributed by atoms with Crippen molar-refractivity contribution >= 4 is 11.6 Å². The first-order chi connectivity index (χ1) is 10.0. The number of benzene rings is 1. The van der Waals surface area contributed by atoms with Gasteiger partial charge in [0.15, 0.2) is 11.5 Å². The molecule has 120 valence electrons. The Morgan fingerprint density at radius 3 is 2.48 bits per heavy atom. The molecule has 1 atom stereocenters. The van der Waals surface area contributed by atoms with Crippen LogP contribution in [0.1, 0.15) is 39.7 Å². The minimum atomic E-state index is 0.0662. The number of hydrogen-bond acceptors (Lipinski definition) is 3. The molecule has 0 unspecified atom stereocenters. The molecular weight excluding hydrogens is 290 g/mol. The Kier molecular flexibility index (Phi) is 7.86. The third-order valence-corrected chi connectivity index (χ3v) is 3.56. The molecule has 0 aliphatic carbocycles. The van der Waals surface area contributed by atoms with Crippen LogP contribution in [0.3, 0.4) is 0 Å². The Labute approximate surface area is 132 Å². The summed E-state index contributed by atoms with van der Waals surface area (Å²) in [5, 5.41) is 12.0. The number of halogens is 1. The fourth-order valence-corrected chi connectivity index (χ4v) is 2.24. The molecule has 0 radical (unpaired) electrons. The summed E-state index contributed by atoms with van der Waals surface area (Å²) in [7, 11) is 0. The third kappa shape index (κ3) is 5.73. The monoisotopic (exact) mass is 316 g/mol. The maximum absolute atomic E-state index is 9.25. The van der Waals surface area contributed by atoms with Gasteiger partial charge in [-0.05, 0) is 33.3 Å². The summed E-state index contributed by atoms with van der Waals surface area (Å²) in [5.74, 6) is 1.39. The van der Waals surface area contributed by atoms with Crippen molar-refractivity contribution < 1.29 is 19.9 Å². The standard InChI is InChI=1S/C16H26ClNO3/c1-5-13(10-19)18-9-12-7-15(20-6-2)16(8-14(12)17)21-11(3)4/h7-8,11,13,18-19H,5-6,9-10H2,1-4H3/p+1/t13-/m0/s1. The van der Waals surface area contributed by atoms with Gasteiger partial charge in [0.05, 0.1) is 24.3 Å². The molecule has 1 aromatic carbocycles. The van der Waals surface area contributed by atoms with Gasteiger partial charge in [-0.25, -0.2) is 0 Å². The molecule has 0 spiro atoms. The van der Waals surface area contributed by atoms with Gasteiger partial charge in [0, 0.05) is 11.6 Å². The third-order valence-electron chi connectivity index (χ3n) is 3.21. The van der Waals surface area contributed by atoms with Crippen molar-refractivity contribution in [2.75, 3.05) is 13.2 Å². The summed E-state index contributed by atoms with van der Waals surface area (Å²) in [4.78, 5) is 0. The SMILES string of the molecule is CCOc1cc(C[NH2+][C@@H](CC)CO)c(Cl)cc1OC(C)C. The molecule has 0 bridgehead atoms. The van der Waals surface area contributed by atoms with Crippen molar-refractivity contribution in [3.63, 3.8) is 0 Å². The van der Waals surface area contributed by atoms with Gasteiger partial charge in [0.25, 0.3) is 0 Å². The smallest absolute Gasteiger partial charge is 0.163 e. The second-order valence-corrected chi connectivity index (χ2v) is 5.69. The zero-order chi connectivity index (χ0) is 15.8. The van der Waals surface area contributed by atoms with E-state index < -0.39 is 0 Å². The van der Waals surface area contributed by atoms with Crippen molar-refractivity contribution in [3.8, 4) is 11.5 Å². The quantitative estimate of drug-likeness (QED) is 0.735. The zero-order valence-corrected chi connectivity index (χ0v) is 14.1. The van der Waals surface area contributed by atoms with Crippen LogP contribution in [-0.2, 0) is 6.54 Å². The summed E-state index contributed by atoms with van der Waals surface area (Å²) < 4.78 is 11.4. The summed E-state index contributed by atoms with van der Waals surface area (Å²) in [5.41, 5.74) is 0.989. The van der Waals surface area contributed by atoms with Gasteiger partial charge in [0.2, 0.25) is 0 Å². The number of hydrogen-bond donors (Lipinski definition) is 2. The molecule has 0 saturated carbocycles. The molecule has 1 aromatic rings. The second-order valence-electron chi connectivity index (χ2n) is 5.28. The molecule has 0 amide bonds. The topological polar surface area (TPSA) is 55.3 Å². The van der Waals surface area contributed by atoms with Gasteiger partial charge in [-0.3, -0.25) is 0 Å². The van der Waals surface area contributed by atoms with E-state index in [-0.39, 0.29) is 18.8 Å². The first kappa shape index (κ1) is 18.1. The highest BCUT2D eigenvalue weighted by Crippen LogP contribution is 2.34. The minimum Gasteiger partial charge on any atom is -0.490 e. The van der Waals surface area contributed by atoms with Crippen LogP contribution in [0, 0.1) is 0 Å². The Morgan fingerprint density at radius 1 is 1.24 bits per heavy atom. The molecular formula is C16H27ClNO3+. The number of nitrogens with two attached hydrogens (primary N) is 1. The molecule has 5 heteroatoms. The molecule has 0 aliphatic heterocycles. The van der Waals surface area contributed by atoms with E-state index in [9.17, 15) is 5.11 Å². The van der Waals surface area contributed by atoms with Crippen LogP contribution < -0.4 is 14.8 Å². The fraction of sp³-hybridized carbons (Fsp3) is 0.625. The Morgan fingerprint density at radius 2 is 1.95 bits per heavy atom. The first-order valence-electron chi connectivity index (χ1n) is 7.57. The average molecular weight is 317 g/mol. The van der Waals surface area contributed by atoms with Gasteiger partial charge >= 0.3 is 0 Å². The van der Waals surface area contributed by atoms with Crippen LogP contribution in [-0.4, -0.2) is 30.5 Å². The maximum atomic E-state index is 9.25. The predicted molar refractivity (Wildman–Crippen MR) is 85.2 cm³/mol. The van der Waals surface area contributed by atoms with Crippen LogP contribution in [0.5, 0.6) is 11.5 Å². The highest BCUT2D eigenvalue weighted by Gasteiger charge is 2.15. The van der Waals surface area contributed by atoms with E-state index in [2.05, 4.69) is 12.2 Å². The molecule has 3 N–H and O–H groups in total. The van der Waals surface area contributed by atoms with Gasteiger partial charge in [-0.1, -0.05) is 18.5 Å². The summed E-state index contributed by atoms with van der Waals surface area (Å²) in [6, 6.07) is 3.95. The van der Waals surface area contributed by atoms with Crippen LogP contribution in [0.25, 0.3) is 0 Å². The predicted octanol–water partition coefficient (Wildman–Crippen LogP) is 2.36. The van der Waals surface area contributed by atoms with Crippen LogP contribution in [0.15, 0.2) is 12.1 Å². The van der Waals surface area contributed by atoms with E-state index in [0.29, 0.717) is 23.9 Å². The Hall–Kier alpha value is -0.970. The molecule has 0 heterocycles.